The Labute approximate surface area is 113 Å². The highest BCUT2D eigenvalue weighted by Crippen LogP contribution is 2.33. The number of H-pyrrole nitrogens is 1. The van der Waals surface area contributed by atoms with E-state index in [-0.39, 0.29) is 0 Å². The van der Waals surface area contributed by atoms with Crippen molar-refractivity contribution in [1.82, 2.24) is 10.2 Å². The normalized spacial score (nSPS) is 13.6. The van der Waals surface area contributed by atoms with E-state index >= 15 is 0 Å². The molecule has 3 N–H and O–H groups in total. The zero-order valence-corrected chi connectivity index (χ0v) is 11.4. The maximum absolute atomic E-state index is 5.97. The molecule has 1 aromatic heterocycles. The highest BCUT2D eigenvalue weighted by Gasteiger charge is 2.17. The molecule has 4 heteroatoms. The molecule has 4 nitrogen and oxygen atoms in total. The van der Waals surface area contributed by atoms with E-state index in [1.165, 1.54) is 5.56 Å². The van der Waals surface area contributed by atoms with E-state index in [9.17, 15) is 0 Å². The lowest BCUT2D eigenvalue weighted by Crippen LogP contribution is -1.99. The molecule has 0 atom stereocenters. The number of anilines is 1. The van der Waals surface area contributed by atoms with E-state index in [4.69, 9.17) is 10.5 Å². The summed E-state index contributed by atoms with van der Waals surface area (Å²) in [5, 5.41) is 7.23. The van der Waals surface area contributed by atoms with Gasteiger partial charge in [0.2, 0.25) is 0 Å². The minimum atomic E-state index is 0.552. The van der Waals surface area contributed by atoms with E-state index in [1.54, 1.807) is 0 Å². The molecular weight excluding hydrogens is 238 g/mol. The third-order valence-corrected chi connectivity index (χ3v) is 3.49. The van der Waals surface area contributed by atoms with Crippen LogP contribution in [0.4, 0.5) is 5.82 Å². The summed E-state index contributed by atoms with van der Waals surface area (Å²) < 4.78 is 5.54. The van der Waals surface area contributed by atoms with Crippen LogP contribution in [0.2, 0.25) is 0 Å². The van der Waals surface area contributed by atoms with Gasteiger partial charge in [0.15, 0.2) is 0 Å². The Balaban J connectivity index is 2.02. The summed E-state index contributed by atoms with van der Waals surface area (Å²) in [4.78, 5) is 0. The molecule has 0 bridgehead atoms. The largest absolute Gasteiger partial charge is 0.493 e. The summed E-state index contributed by atoms with van der Waals surface area (Å²) >= 11 is 0. The zero-order chi connectivity index (χ0) is 13.4. The van der Waals surface area contributed by atoms with Gasteiger partial charge in [-0.25, -0.2) is 0 Å². The molecule has 1 aliphatic rings. The average molecular weight is 257 g/mol. The maximum Gasteiger partial charge on any atom is 0.149 e. The number of aromatic amines is 1. The first-order chi connectivity index (χ1) is 9.15. The van der Waals surface area contributed by atoms with Crippen molar-refractivity contribution in [3.63, 3.8) is 0 Å². The predicted molar refractivity (Wildman–Crippen MR) is 76.2 cm³/mol. The molecule has 2 heterocycles. The van der Waals surface area contributed by atoms with Gasteiger partial charge < -0.3 is 10.5 Å². The summed E-state index contributed by atoms with van der Waals surface area (Å²) in [6.07, 6.45) is 1.91. The Morgan fingerprint density at radius 2 is 2.26 bits per heavy atom. The Morgan fingerprint density at radius 3 is 3.05 bits per heavy atom. The third kappa shape index (κ3) is 2.18. The summed E-state index contributed by atoms with van der Waals surface area (Å²) in [5.41, 5.74) is 10.5. The molecule has 1 aliphatic heterocycles. The number of hydrogen-bond acceptors (Lipinski definition) is 3. The number of hydrogen-bond donors (Lipinski definition) is 2. The van der Waals surface area contributed by atoms with Crippen LogP contribution in [0.5, 0.6) is 5.75 Å². The van der Waals surface area contributed by atoms with Crippen LogP contribution in [0.25, 0.3) is 11.3 Å². The number of aromatic nitrogens is 2. The van der Waals surface area contributed by atoms with Crippen LogP contribution < -0.4 is 10.5 Å². The Bertz CT molecular complexity index is 601. The molecule has 100 valence electrons. The van der Waals surface area contributed by atoms with Gasteiger partial charge in [0.1, 0.15) is 11.6 Å². The molecule has 0 radical (unpaired) electrons. The van der Waals surface area contributed by atoms with Gasteiger partial charge in [-0.3, -0.25) is 5.10 Å². The van der Waals surface area contributed by atoms with Crippen molar-refractivity contribution in [2.24, 2.45) is 5.92 Å². The van der Waals surface area contributed by atoms with Crippen LogP contribution in [0.15, 0.2) is 18.2 Å². The molecule has 0 spiro atoms. The number of ether oxygens (including phenoxy) is 1. The maximum atomic E-state index is 5.97. The van der Waals surface area contributed by atoms with Crippen molar-refractivity contribution in [3.8, 4) is 17.0 Å². The Hall–Kier alpha value is -1.97. The van der Waals surface area contributed by atoms with E-state index in [2.05, 4.69) is 36.2 Å². The second kappa shape index (κ2) is 4.61. The van der Waals surface area contributed by atoms with Crippen LogP contribution in [-0.2, 0) is 12.8 Å². The van der Waals surface area contributed by atoms with Crippen molar-refractivity contribution in [3.05, 3.63) is 29.3 Å². The fourth-order valence-electron chi connectivity index (χ4n) is 2.57. The van der Waals surface area contributed by atoms with Gasteiger partial charge in [0, 0.05) is 17.5 Å². The number of benzene rings is 1. The lowest BCUT2D eigenvalue weighted by molar-refractivity contribution is 0.357. The van der Waals surface area contributed by atoms with Crippen molar-refractivity contribution in [2.75, 3.05) is 12.3 Å². The van der Waals surface area contributed by atoms with Crippen LogP contribution >= 0.6 is 0 Å². The quantitative estimate of drug-likeness (QED) is 0.888. The number of nitrogens with zero attached hydrogens (tertiary/aromatic N) is 1. The summed E-state index contributed by atoms with van der Waals surface area (Å²) in [7, 11) is 0. The first-order valence-electron chi connectivity index (χ1n) is 6.74. The van der Waals surface area contributed by atoms with Gasteiger partial charge in [-0.15, -0.1) is 0 Å². The van der Waals surface area contributed by atoms with Crippen LogP contribution in [-0.4, -0.2) is 16.8 Å². The molecule has 0 fully saturated rings. The fourth-order valence-corrected chi connectivity index (χ4v) is 2.57. The van der Waals surface area contributed by atoms with Crippen molar-refractivity contribution >= 4 is 5.82 Å². The number of rotatable bonds is 3. The molecule has 2 aromatic rings. The monoisotopic (exact) mass is 257 g/mol. The summed E-state index contributed by atoms with van der Waals surface area (Å²) in [6.45, 7) is 5.16. The minimum Gasteiger partial charge on any atom is -0.493 e. The molecule has 19 heavy (non-hydrogen) atoms. The van der Waals surface area contributed by atoms with Crippen LogP contribution in [0.3, 0.4) is 0 Å². The van der Waals surface area contributed by atoms with Gasteiger partial charge in [-0.1, -0.05) is 13.8 Å². The van der Waals surface area contributed by atoms with Gasteiger partial charge in [0.25, 0.3) is 0 Å². The Morgan fingerprint density at radius 1 is 1.42 bits per heavy atom. The topological polar surface area (TPSA) is 63.9 Å². The second-order valence-electron chi connectivity index (χ2n) is 5.48. The van der Waals surface area contributed by atoms with Gasteiger partial charge in [-0.2, -0.15) is 5.10 Å². The molecule has 0 amide bonds. The third-order valence-electron chi connectivity index (χ3n) is 3.49. The van der Waals surface area contributed by atoms with Crippen molar-refractivity contribution < 1.29 is 4.74 Å². The van der Waals surface area contributed by atoms with Gasteiger partial charge >= 0.3 is 0 Å². The molecule has 0 saturated carbocycles. The Kier molecular flexibility index (Phi) is 2.93. The highest BCUT2D eigenvalue weighted by atomic mass is 16.5. The standard InChI is InChI=1S/C15H19N3O/c1-9(2)7-12-14(17-18-15(12)16)11-3-4-13-10(8-11)5-6-19-13/h3-4,8-9H,5-7H2,1-2H3,(H3,16,17,18). The number of nitrogen functional groups attached to an aromatic ring is 1. The molecule has 0 unspecified atom stereocenters. The number of fused-ring (bicyclic) bond motifs is 1. The lowest BCUT2D eigenvalue weighted by Gasteiger charge is -2.08. The molecule has 0 saturated heterocycles. The smallest absolute Gasteiger partial charge is 0.149 e. The number of nitrogens with one attached hydrogen (secondary N) is 1. The summed E-state index contributed by atoms with van der Waals surface area (Å²) in [6, 6.07) is 6.29. The first kappa shape index (κ1) is 12.1. The molecule has 0 aliphatic carbocycles. The van der Waals surface area contributed by atoms with Gasteiger partial charge in [-0.05, 0) is 36.1 Å². The number of nitrogens with two attached hydrogens (primary N) is 1. The van der Waals surface area contributed by atoms with Crippen LogP contribution in [0, 0.1) is 5.92 Å². The van der Waals surface area contributed by atoms with E-state index < -0.39 is 0 Å². The highest BCUT2D eigenvalue weighted by molar-refractivity contribution is 5.70. The van der Waals surface area contributed by atoms with Crippen molar-refractivity contribution in [2.45, 2.75) is 26.7 Å². The average Bonchev–Trinajstić information content (AvgIpc) is 2.96. The van der Waals surface area contributed by atoms with E-state index in [1.807, 2.05) is 6.07 Å². The SMILES string of the molecule is CC(C)Cc1c(N)n[nH]c1-c1ccc2c(c1)CCO2. The second-order valence-corrected chi connectivity index (χ2v) is 5.48. The molecule has 3 rings (SSSR count). The summed E-state index contributed by atoms with van der Waals surface area (Å²) in [5.74, 6) is 2.17. The van der Waals surface area contributed by atoms with Crippen LogP contribution in [0.1, 0.15) is 25.0 Å². The minimum absolute atomic E-state index is 0.552. The fraction of sp³-hybridized carbons (Fsp3) is 0.400. The predicted octanol–water partition coefficient (Wildman–Crippen LogP) is 2.79. The van der Waals surface area contributed by atoms with E-state index in [0.29, 0.717) is 11.7 Å². The molecule has 1 aromatic carbocycles. The van der Waals surface area contributed by atoms with E-state index in [0.717, 1.165) is 42.0 Å². The van der Waals surface area contributed by atoms with Crippen molar-refractivity contribution in [1.29, 1.82) is 0 Å². The lowest BCUT2D eigenvalue weighted by atomic mass is 9.98. The van der Waals surface area contributed by atoms with Gasteiger partial charge in [0.05, 0.1) is 12.3 Å². The molecular formula is C15H19N3O. The zero-order valence-electron chi connectivity index (χ0n) is 11.4. The first-order valence-corrected chi connectivity index (χ1v) is 6.74.